The van der Waals surface area contributed by atoms with Crippen LogP contribution in [0.5, 0.6) is 0 Å². The predicted molar refractivity (Wildman–Crippen MR) is 200 cm³/mol. The molecule has 11 heteroatoms. The van der Waals surface area contributed by atoms with Crippen LogP contribution in [0.15, 0.2) is 91.8 Å². The lowest BCUT2D eigenvalue weighted by Gasteiger charge is -2.21. The van der Waals surface area contributed by atoms with Gasteiger partial charge in [-0.2, -0.15) is 5.10 Å². The van der Waals surface area contributed by atoms with Crippen LogP contribution in [0.4, 0.5) is 22.9 Å². The molecular weight excluding hydrogens is 651 g/mol. The van der Waals surface area contributed by atoms with Crippen LogP contribution in [-0.4, -0.2) is 46.9 Å². The minimum Gasteiger partial charge on any atom is -0.278 e. The van der Waals surface area contributed by atoms with Crippen molar-refractivity contribution >= 4 is 34.7 Å². The molecule has 0 atom stereocenters. The molecule has 0 fully saturated rings. The largest absolute Gasteiger partial charge is 0.278 e. The maximum absolute atomic E-state index is 13.2. The number of hydrogen-bond donors (Lipinski definition) is 0. The van der Waals surface area contributed by atoms with Crippen molar-refractivity contribution < 1.29 is 9.59 Å². The van der Waals surface area contributed by atoms with Gasteiger partial charge in [-0.05, 0) is 114 Å². The first-order valence-electron chi connectivity index (χ1n) is 17.0. The molecule has 11 nitrogen and oxygen atoms in total. The van der Waals surface area contributed by atoms with E-state index in [2.05, 4.69) is 35.1 Å². The summed E-state index contributed by atoms with van der Waals surface area (Å²) in [5.41, 5.74) is 9.12. The summed E-state index contributed by atoms with van der Waals surface area (Å²) in [6, 6.07) is 17.7. The van der Waals surface area contributed by atoms with E-state index in [1.54, 1.807) is 46.7 Å². The Morgan fingerprint density at radius 2 is 1.06 bits per heavy atom. The van der Waals surface area contributed by atoms with Crippen molar-refractivity contribution in [3.8, 4) is 22.3 Å². The molecule has 8 rings (SSSR count). The lowest BCUT2D eigenvalue weighted by Crippen LogP contribution is -2.33. The molecular formula is C41H39N9O2. The fourth-order valence-corrected chi connectivity index (χ4v) is 6.59. The van der Waals surface area contributed by atoms with Crippen molar-refractivity contribution in [2.45, 2.75) is 66.2 Å². The van der Waals surface area contributed by atoms with Crippen molar-refractivity contribution in [1.82, 2.24) is 35.1 Å². The molecule has 0 N–H and O–H groups in total. The van der Waals surface area contributed by atoms with Crippen LogP contribution >= 0.6 is 0 Å². The number of anilines is 4. The molecule has 0 saturated carbocycles. The summed E-state index contributed by atoms with van der Waals surface area (Å²) in [5, 5.41) is 8.03. The smallest absolute Gasteiger partial charge is 0.242 e. The van der Waals surface area contributed by atoms with Gasteiger partial charge in [-0.15, -0.1) is 5.10 Å². The maximum atomic E-state index is 13.2. The van der Waals surface area contributed by atoms with Gasteiger partial charge in [0, 0.05) is 47.8 Å². The third-order valence-corrected chi connectivity index (χ3v) is 9.90. The van der Waals surface area contributed by atoms with E-state index in [0.717, 1.165) is 73.3 Å². The monoisotopic (exact) mass is 689 g/mol. The van der Waals surface area contributed by atoms with E-state index in [4.69, 9.17) is 0 Å². The summed E-state index contributed by atoms with van der Waals surface area (Å²) in [6.07, 6.45) is 10.6. The third kappa shape index (κ3) is 5.87. The molecule has 0 aliphatic carbocycles. The Kier molecular flexibility index (Phi) is 8.44. The van der Waals surface area contributed by atoms with Gasteiger partial charge in [0.1, 0.15) is 11.6 Å². The quantitative estimate of drug-likeness (QED) is 0.183. The molecule has 0 bridgehead atoms. The van der Waals surface area contributed by atoms with E-state index >= 15 is 0 Å². The summed E-state index contributed by atoms with van der Waals surface area (Å²) in [7, 11) is 0. The fourth-order valence-electron chi connectivity index (χ4n) is 6.59. The highest BCUT2D eigenvalue weighted by atomic mass is 16.2. The molecule has 0 unspecified atom stereocenters. The highest BCUT2D eigenvalue weighted by Crippen LogP contribution is 2.48. The fraction of sp³-hybridized carbons (Fsp3) is 0.244. The van der Waals surface area contributed by atoms with Crippen LogP contribution in [0.25, 0.3) is 22.3 Å². The number of pyridine rings is 1. The first-order chi connectivity index (χ1) is 24.8. The van der Waals surface area contributed by atoms with E-state index in [1.807, 2.05) is 110 Å². The van der Waals surface area contributed by atoms with Crippen LogP contribution in [-0.2, 0) is 20.4 Å². The highest BCUT2D eigenvalue weighted by molar-refractivity contribution is 6.13. The molecule has 0 radical (unpaired) electrons. The van der Waals surface area contributed by atoms with Crippen molar-refractivity contribution in [2.75, 3.05) is 9.80 Å². The summed E-state index contributed by atoms with van der Waals surface area (Å²) in [5.74, 6) is 2.03. The molecule has 2 amide bonds. The van der Waals surface area contributed by atoms with Gasteiger partial charge in [0.25, 0.3) is 0 Å². The number of hydrogen-bond acceptors (Lipinski definition) is 9. The number of carbonyl (C=O) groups is 2. The standard InChI is InChI=1S/C22H22N4O.C19H17N5O/c1-13-8-18(12-23-14(13)2)26-20-9-16(17-10-24-15(3)25-11-17)6-7-19(20)22(4,5)21(26)27;1-12-20-10-14(11-21-12)13-6-7-15-16(9-13)24(18(25)19(15,2)3)17-5-4-8-22-23-17/h6-12H,1-5H3;4-11H,1-3H3. The number of carbonyl (C=O) groups excluding carboxylic acids is 2. The normalized spacial score (nSPS) is 15.2. The van der Waals surface area contributed by atoms with Crippen molar-refractivity contribution in [1.29, 1.82) is 0 Å². The number of aromatic nitrogens is 7. The minimum atomic E-state index is -0.616. The Hall–Kier alpha value is -6.23. The second-order valence-electron chi connectivity index (χ2n) is 14.2. The SMILES string of the molecule is Cc1ncc(-c2ccc3c(c2)N(c2cccnn2)C(=O)C3(C)C)cn1.Cc1ncc(-c2ccc3c(c2)N(c2cnc(C)c(C)c2)C(=O)C3(C)C)cn1. The molecule has 6 heterocycles. The Morgan fingerprint density at radius 3 is 1.54 bits per heavy atom. The number of aryl methyl sites for hydroxylation is 4. The number of fused-ring (bicyclic) bond motifs is 2. The molecule has 6 aromatic rings. The van der Waals surface area contributed by atoms with E-state index in [-0.39, 0.29) is 11.8 Å². The average molecular weight is 690 g/mol. The van der Waals surface area contributed by atoms with Gasteiger partial charge < -0.3 is 0 Å². The average Bonchev–Trinajstić information content (AvgIpc) is 3.47. The minimum absolute atomic E-state index is 0.0136. The second-order valence-corrected chi connectivity index (χ2v) is 14.2. The predicted octanol–water partition coefficient (Wildman–Crippen LogP) is 7.62. The number of benzene rings is 2. The van der Waals surface area contributed by atoms with E-state index in [1.165, 1.54) is 0 Å². The number of rotatable bonds is 4. The van der Waals surface area contributed by atoms with E-state index < -0.39 is 10.8 Å². The van der Waals surface area contributed by atoms with Gasteiger partial charge in [-0.25, -0.2) is 19.9 Å². The van der Waals surface area contributed by atoms with Gasteiger partial charge >= 0.3 is 0 Å². The van der Waals surface area contributed by atoms with E-state index in [9.17, 15) is 9.59 Å². The lowest BCUT2D eigenvalue weighted by atomic mass is 9.85. The van der Waals surface area contributed by atoms with Gasteiger partial charge in [0.05, 0.1) is 34.1 Å². The van der Waals surface area contributed by atoms with Gasteiger partial charge in [-0.1, -0.05) is 24.3 Å². The van der Waals surface area contributed by atoms with E-state index in [0.29, 0.717) is 5.82 Å². The maximum Gasteiger partial charge on any atom is 0.242 e. The summed E-state index contributed by atoms with van der Waals surface area (Å²) in [4.78, 5) is 51.2. The zero-order valence-electron chi connectivity index (χ0n) is 30.5. The van der Waals surface area contributed by atoms with Crippen LogP contribution in [0.2, 0.25) is 0 Å². The molecule has 0 spiro atoms. The number of nitrogens with zero attached hydrogens (tertiary/aromatic N) is 9. The molecule has 0 saturated heterocycles. The zero-order chi connectivity index (χ0) is 36.9. The van der Waals surface area contributed by atoms with Gasteiger partial charge in [0.2, 0.25) is 11.8 Å². The Labute approximate surface area is 302 Å². The third-order valence-electron chi connectivity index (χ3n) is 9.90. The topological polar surface area (TPSA) is 131 Å². The van der Waals surface area contributed by atoms with Crippen LogP contribution in [0, 0.1) is 27.7 Å². The molecule has 4 aromatic heterocycles. The lowest BCUT2D eigenvalue weighted by molar-refractivity contribution is -0.122. The highest BCUT2D eigenvalue weighted by Gasteiger charge is 2.46. The molecule has 260 valence electrons. The Bertz CT molecular complexity index is 2340. The molecule has 2 aliphatic heterocycles. The first kappa shape index (κ1) is 34.2. The van der Waals surface area contributed by atoms with Crippen molar-refractivity contribution in [2.24, 2.45) is 0 Å². The van der Waals surface area contributed by atoms with Gasteiger partial charge in [0.15, 0.2) is 5.82 Å². The molecule has 2 aliphatic rings. The summed E-state index contributed by atoms with van der Waals surface area (Å²) in [6.45, 7) is 15.5. The molecule has 52 heavy (non-hydrogen) atoms. The van der Waals surface area contributed by atoms with Crippen LogP contribution < -0.4 is 9.80 Å². The zero-order valence-corrected chi connectivity index (χ0v) is 30.5. The molecule has 2 aromatic carbocycles. The Balaban J connectivity index is 0.000000162. The Morgan fingerprint density at radius 1 is 0.558 bits per heavy atom. The van der Waals surface area contributed by atoms with Crippen LogP contribution in [0.3, 0.4) is 0 Å². The van der Waals surface area contributed by atoms with Crippen molar-refractivity contribution in [3.05, 3.63) is 126 Å². The van der Waals surface area contributed by atoms with Gasteiger partial charge in [-0.3, -0.25) is 24.4 Å². The van der Waals surface area contributed by atoms with Crippen molar-refractivity contribution in [3.63, 3.8) is 0 Å². The first-order valence-corrected chi connectivity index (χ1v) is 17.0. The summed E-state index contributed by atoms with van der Waals surface area (Å²) < 4.78 is 0. The summed E-state index contributed by atoms with van der Waals surface area (Å²) >= 11 is 0. The second kappa shape index (κ2) is 12.8. The number of amides is 2. The van der Waals surface area contributed by atoms with Crippen LogP contribution in [0.1, 0.15) is 61.7 Å².